The van der Waals surface area contributed by atoms with Gasteiger partial charge in [-0.15, -0.1) is 0 Å². The molecule has 18 heavy (non-hydrogen) atoms. The fraction of sp³-hybridized carbons (Fsp3) is 1.00. The highest BCUT2D eigenvalue weighted by Gasteiger charge is 2.45. The molecule has 2 rings (SSSR count). The van der Waals surface area contributed by atoms with Gasteiger partial charge in [0, 0.05) is 12.1 Å². The highest BCUT2D eigenvalue weighted by Crippen LogP contribution is 2.39. The van der Waals surface area contributed by atoms with Crippen molar-refractivity contribution in [3.8, 4) is 0 Å². The molecule has 0 radical (unpaired) electrons. The molecule has 1 saturated carbocycles. The van der Waals surface area contributed by atoms with Crippen LogP contribution in [0.2, 0.25) is 0 Å². The van der Waals surface area contributed by atoms with Gasteiger partial charge in [0.25, 0.3) is 0 Å². The molecule has 0 aromatic carbocycles. The monoisotopic (exact) mass is 255 g/mol. The average Bonchev–Trinajstić information content (AvgIpc) is 2.90. The fourth-order valence-corrected chi connectivity index (χ4v) is 3.68. The van der Waals surface area contributed by atoms with Crippen LogP contribution in [0, 0.1) is 0 Å². The zero-order chi connectivity index (χ0) is 12.8. The third-order valence-corrected chi connectivity index (χ3v) is 4.70. The van der Waals surface area contributed by atoms with Crippen LogP contribution in [-0.2, 0) is 4.74 Å². The molecule has 1 aliphatic heterocycles. The van der Waals surface area contributed by atoms with Crippen molar-refractivity contribution in [2.45, 2.75) is 69.9 Å². The van der Waals surface area contributed by atoms with Gasteiger partial charge in [-0.3, -0.25) is 4.90 Å². The quantitative estimate of drug-likeness (QED) is 0.740. The molecule has 0 aromatic heterocycles. The topological polar surface area (TPSA) is 32.7 Å². The van der Waals surface area contributed by atoms with Crippen LogP contribution in [-0.4, -0.2) is 48.0 Å². The minimum Gasteiger partial charge on any atom is -0.389 e. The van der Waals surface area contributed by atoms with Gasteiger partial charge in [0.05, 0.1) is 12.7 Å². The molecule has 1 aliphatic carbocycles. The first-order valence-corrected chi connectivity index (χ1v) is 7.80. The second-order valence-electron chi connectivity index (χ2n) is 5.95. The molecule has 1 heterocycles. The van der Waals surface area contributed by atoms with E-state index in [2.05, 4.69) is 11.8 Å². The van der Waals surface area contributed by atoms with Gasteiger partial charge in [-0.25, -0.2) is 0 Å². The lowest BCUT2D eigenvalue weighted by atomic mass is 9.86. The number of nitrogens with zero attached hydrogens (tertiary/aromatic N) is 1. The molecule has 2 aliphatic rings. The normalized spacial score (nSPS) is 26.3. The Labute approximate surface area is 112 Å². The van der Waals surface area contributed by atoms with Crippen molar-refractivity contribution in [2.24, 2.45) is 0 Å². The summed E-state index contributed by atoms with van der Waals surface area (Å²) in [5.41, 5.74) is 0.0359. The molecule has 106 valence electrons. The van der Waals surface area contributed by atoms with Crippen molar-refractivity contribution in [3.63, 3.8) is 0 Å². The van der Waals surface area contributed by atoms with Gasteiger partial charge in [0.1, 0.15) is 0 Å². The molecule has 2 fully saturated rings. The van der Waals surface area contributed by atoms with Crippen molar-refractivity contribution >= 4 is 0 Å². The van der Waals surface area contributed by atoms with E-state index in [1.807, 2.05) is 0 Å². The summed E-state index contributed by atoms with van der Waals surface area (Å²) >= 11 is 0. The number of aliphatic hydroxyl groups excluding tert-OH is 1. The summed E-state index contributed by atoms with van der Waals surface area (Å²) in [6, 6.07) is 0. The van der Waals surface area contributed by atoms with Crippen LogP contribution < -0.4 is 0 Å². The van der Waals surface area contributed by atoms with Gasteiger partial charge in [0.15, 0.2) is 0 Å². The maximum absolute atomic E-state index is 10.6. The molecule has 1 unspecified atom stereocenters. The van der Waals surface area contributed by atoms with Crippen LogP contribution in [0.3, 0.4) is 0 Å². The Morgan fingerprint density at radius 3 is 2.39 bits per heavy atom. The summed E-state index contributed by atoms with van der Waals surface area (Å²) in [6.07, 6.45) is 9.52. The summed E-state index contributed by atoms with van der Waals surface area (Å²) in [6.45, 7) is 5.75. The van der Waals surface area contributed by atoms with Gasteiger partial charge in [-0.1, -0.05) is 26.2 Å². The number of hydrogen-bond acceptors (Lipinski definition) is 3. The minimum atomic E-state index is -0.301. The average molecular weight is 255 g/mol. The minimum absolute atomic E-state index is 0.0359. The predicted molar refractivity (Wildman–Crippen MR) is 73.7 cm³/mol. The van der Waals surface area contributed by atoms with Crippen LogP contribution in [0.15, 0.2) is 0 Å². The molecule has 1 saturated heterocycles. The first kappa shape index (κ1) is 14.3. The Morgan fingerprint density at radius 1 is 1.11 bits per heavy atom. The third-order valence-electron chi connectivity index (χ3n) is 4.70. The SMILES string of the molecule is CCCOCC(O)C1(N2CCCCC2)CCCC1. The first-order valence-electron chi connectivity index (χ1n) is 7.80. The number of hydrogen-bond donors (Lipinski definition) is 1. The molecule has 3 heteroatoms. The highest BCUT2D eigenvalue weighted by molar-refractivity contribution is 5.01. The van der Waals surface area contributed by atoms with E-state index < -0.39 is 0 Å². The summed E-state index contributed by atoms with van der Waals surface area (Å²) in [5.74, 6) is 0. The maximum atomic E-state index is 10.6. The summed E-state index contributed by atoms with van der Waals surface area (Å²) in [4.78, 5) is 2.57. The Kier molecular flexibility index (Phi) is 5.46. The second kappa shape index (κ2) is 6.88. The van der Waals surface area contributed by atoms with E-state index in [-0.39, 0.29) is 11.6 Å². The molecular weight excluding hydrogens is 226 g/mol. The smallest absolute Gasteiger partial charge is 0.0956 e. The molecule has 0 bridgehead atoms. The molecule has 0 amide bonds. The van der Waals surface area contributed by atoms with E-state index in [1.165, 1.54) is 45.2 Å². The van der Waals surface area contributed by atoms with E-state index in [1.54, 1.807) is 0 Å². The fourth-order valence-electron chi connectivity index (χ4n) is 3.68. The van der Waals surface area contributed by atoms with Crippen LogP contribution >= 0.6 is 0 Å². The van der Waals surface area contributed by atoms with E-state index in [9.17, 15) is 5.11 Å². The molecule has 0 spiro atoms. The van der Waals surface area contributed by atoms with Crippen molar-refractivity contribution in [3.05, 3.63) is 0 Å². The van der Waals surface area contributed by atoms with E-state index in [0.717, 1.165) is 25.9 Å². The molecule has 1 atom stereocenters. The number of piperidine rings is 1. The van der Waals surface area contributed by atoms with Crippen LogP contribution in [0.25, 0.3) is 0 Å². The predicted octanol–water partition coefficient (Wildman–Crippen LogP) is 2.57. The lowest BCUT2D eigenvalue weighted by Crippen LogP contribution is -2.58. The Hall–Kier alpha value is -0.120. The Balaban J connectivity index is 1.96. The largest absolute Gasteiger partial charge is 0.389 e. The van der Waals surface area contributed by atoms with Crippen molar-refractivity contribution < 1.29 is 9.84 Å². The van der Waals surface area contributed by atoms with Crippen LogP contribution in [0.1, 0.15) is 58.3 Å². The van der Waals surface area contributed by atoms with Gasteiger partial charge >= 0.3 is 0 Å². The van der Waals surface area contributed by atoms with Crippen LogP contribution in [0.5, 0.6) is 0 Å². The third kappa shape index (κ3) is 3.06. The van der Waals surface area contributed by atoms with E-state index in [4.69, 9.17) is 4.74 Å². The number of aliphatic hydroxyl groups is 1. The number of ether oxygens (including phenoxy) is 1. The number of rotatable bonds is 6. The van der Waals surface area contributed by atoms with E-state index in [0.29, 0.717) is 6.61 Å². The maximum Gasteiger partial charge on any atom is 0.0956 e. The molecule has 1 N–H and O–H groups in total. The second-order valence-corrected chi connectivity index (χ2v) is 5.95. The zero-order valence-electron chi connectivity index (χ0n) is 11.9. The van der Waals surface area contributed by atoms with Crippen molar-refractivity contribution in [1.29, 1.82) is 0 Å². The Morgan fingerprint density at radius 2 is 1.78 bits per heavy atom. The van der Waals surface area contributed by atoms with Crippen LogP contribution in [0.4, 0.5) is 0 Å². The summed E-state index contributed by atoms with van der Waals surface area (Å²) in [5, 5.41) is 10.6. The molecule has 3 nitrogen and oxygen atoms in total. The highest BCUT2D eigenvalue weighted by atomic mass is 16.5. The van der Waals surface area contributed by atoms with Gasteiger partial charge in [0.2, 0.25) is 0 Å². The van der Waals surface area contributed by atoms with Gasteiger partial charge < -0.3 is 9.84 Å². The van der Waals surface area contributed by atoms with Crippen molar-refractivity contribution in [1.82, 2.24) is 4.90 Å². The van der Waals surface area contributed by atoms with Crippen molar-refractivity contribution in [2.75, 3.05) is 26.3 Å². The lowest BCUT2D eigenvalue weighted by Gasteiger charge is -2.46. The van der Waals surface area contributed by atoms with E-state index >= 15 is 0 Å². The first-order chi connectivity index (χ1) is 8.79. The van der Waals surface area contributed by atoms with Gasteiger partial charge in [-0.2, -0.15) is 0 Å². The molecule has 0 aromatic rings. The summed E-state index contributed by atoms with van der Waals surface area (Å²) in [7, 11) is 0. The molecular formula is C15H29NO2. The zero-order valence-corrected chi connectivity index (χ0v) is 11.9. The Bertz CT molecular complexity index is 233. The van der Waals surface area contributed by atoms with Gasteiger partial charge in [-0.05, 0) is 45.2 Å². The number of likely N-dealkylation sites (tertiary alicyclic amines) is 1. The standard InChI is InChI=1S/C15H29NO2/c1-2-12-18-13-14(17)15(8-4-5-9-15)16-10-6-3-7-11-16/h14,17H,2-13H2,1H3. The summed E-state index contributed by atoms with van der Waals surface area (Å²) < 4.78 is 5.60. The lowest BCUT2D eigenvalue weighted by molar-refractivity contribution is -0.0765.